The first-order valence-corrected chi connectivity index (χ1v) is 6.45. The predicted molar refractivity (Wildman–Crippen MR) is 76.9 cm³/mol. The fourth-order valence-electron chi connectivity index (χ4n) is 2.10. The minimum atomic E-state index is -0.364. The van der Waals surface area contributed by atoms with E-state index in [1.165, 1.54) is 5.56 Å². The summed E-state index contributed by atoms with van der Waals surface area (Å²) in [7, 11) is 0. The van der Waals surface area contributed by atoms with Crippen molar-refractivity contribution in [1.29, 1.82) is 0 Å². The normalized spacial score (nSPS) is 12.3. The van der Waals surface area contributed by atoms with Crippen LogP contribution in [0.25, 0.3) is 11.1 Å². The molecule has 0 aliphatic carbocycles. The molecule has 1 aromatic heterocycles. The zero-order valence-corrected chi connectivity index (χ0v) is 11.2. The monoisotopic (exact) mass is 265 g/mol. The van der Waals surface area contributed by atoms with E-state index in [-0.39, 0.29) is 6.04 Å². The fourth-order valence-corrected chi connectivity index (χ4v) is 2.10. The van der Waals surface area contributed by atoms with Gasteiger partial charge >= 0.3 is 0 Å². The molecular formula is C16H15N3O. The maximum Gasteiger partial charge on any atom is 0.223 e. The summed E-state index contributed by atoms with van der Waals surface area (Å²) in [5.41, 5.74) is 9.44. The van der Waals surface area contributed by atoms with Crippen LogP contribution in [0.3, 0.4) is 0 Å². The van der Waals surface area contributed by atoms with Gasteiger partial charge in [-0.15, -0.1) is 0 Å². The molecule has 2 aromatic carbocycles. The Morgan fingerprint density at radius 2 is 1.60 bits per heavy atom. The topological polar surface area (TPSA) is 64.9 Å². The maximum atomic E-state index is 6.13. The number of hydrogen-bond donors (Lipinski definition) is 1. The smallest absolute Gasteiger partial charge is 0.223 e. The summed E-state index contributed by atoms with van der Waals surface area (Å²) in [5, 5.41) is 3.86. The Bertz CT molecular complexity index is 689. The van der Waals surface area contributed by atoms with Crippen molar-refractivity contribution in [2.75, 3.05) is 0 Å². The number of aryl methyl sites for hydroxylation is 1. The summed E-state index contributed by atoms with van der Waals surface area (Å²) in [6, 6.07) is 18.0. The Labute approximate surface area is 117 Å². The second kappa shape index (κ2) is 5.27. The average molecular weight is 265 g/mol. The first-order valence-electron chi connectivity index (χ1n) is 6.45. The Kier molecular flexibility index (Phi) is 3.31. The van der Waals surface area contributed by atoms with Crippen LogP contribution in [0.15, 0.2) is 59.1 Å². The van der Waals surface area contributed by atoms with Gasteiger partial charge in [0.05, 0.1) is 6.04 Å². The highest BCUT2D eigenvalue weighted by Crippen LogP contribution is 2.23. The van der Waals surface area contributed by atoms with Crippen molar-refractivity contribution >= 4 is 0 Å². The van der Waals surface area contributed by atoms with E-state index in [1.54, 1.807) is 6.92 Å². The van der Waals surface area contributed by atoms with Gasteiger partial charge in [0, 0.05) is 6.92 Å². The molecule has 1 atom stereocenters. The molecule has 0 aliphatic rings. The molecule has 0 saturated heterocycles. The van der Waals surface area contributed by atoms with E-state index in [0.717, 1.165) is 11.1 Å². The van der Waals surface area contributed by atoms with E-state index in [9.17, 15) is 0 Å². The molecule has 100 valence electrons. The molecule has 0 spiro atoms. The molecule has 0 fully saturated rings. The van der Waals surface area contributed by atoms with Crippen molar-refractivity contribution in [3.63, 3.8) is 0 Å². The van der Waals surface area contributed by atoms with Crippen molar-refractivity contribution in [2.45, 2.75) is 13.0 Å². The Balaban J connectivity index is 1.86. The largest absolute Gasteiger partial charge is 0.340 e. The second-order valence-electron chi connectivity index (χ2n) is 4.64. The van der Waals surface area contributed by atoms with Crippen LogP contribution in [0.5, 0.6) is 0 Å². The Morgan fingerprint density at radius 1 is 0.950 bits per heavy atom. The fraction of sp³-hybridized carbons (Fsp3) is 0.125. The molecule has 2 N–H and O–H groups in total. The SMILES string of the molecule is Cc1nc(C(N)c2ccc(-c3ccccc3)cc2)no1. The molecule has 1 heterocycles. The third-order valence-electron chi connectivity index (χ3n) is 3.20. The molecule has 1 unspecified atom stereocenters. The van der Waals surface area contributed by atoms with Crippen LogP contribution in [0.4, 0.5) is 0 Å². The van der Waals surface area contributed by atoms with Gasteiger partial charge in [0.1, 0.15) is 0 Å². The van der Waals surface area contributed by atoms with E-state index in [1.807, 2.05) is 30.3 Å². The van der Waals surface area contributed by atoms with Crippen molar-refractivity contribution in [1.82, 2.24) is 10.1 Å². The van der Waals surface area contributed by atoms with Gasteiger partial charge in [-0.3, -0.25) is 0 Å². The second-order valence-corrected chi connectivity index (χ2v) is 4.64. The molecular weight excluding hydrogens is 250 g/mol. The molecule has 0 saturated carbocycles. The molecule has 0 aliphatic heterocycles. The highest BCUT2D eigenvalue weighted by molar-refractivity contribution is 5.63. The lowest BCUT2D eigenvalue weighted by molar-refractivity contribution is 0.385. The van der Waals surface area contributed by atoms with Gasteiger partial charge in [0.25, 0.3) is 0 Å². The highest BCUT2D eigenvalue weighted by Gasteiger charge is 2.14. The average Bonchev–Trinajstić information content (AvgIpc) is 2.94. The Morgan fingerprint density at radius 3 is 2.20 bits per heavy atom. The number of aromatic nitrogens is 2. The number of benzene rings is 2. The van der Waals surface area contributed by atoms with Gasteiger partial charge in [-0.05, 0) is 16.7 Å². The lowest BCUT2D eigenvalue weighted by Crippen LogP contribution is -2.13. The lowest BCUT2D eigenvalue weighted by Gasteiger charge is -2.08. The molecule has 0 amide bonds. The van der Waals surface area contributed by atoms with Crippen LogP contribution in [0.1, 0.15) is 23.3 Å². The summed E-state index contributed by atoms with van der Waals surface area (Å²) in [4.78, 5) is 4.16. The molecule has 0 radical (unpaired) electrons. The van der Waals surface area contributed by atoms with Crippen LogP contribution in [-0.2, 0) is 0 Å². The van der Waals surface area contributed by atoms with Crippen molar-refractivity contribution in [3.05, 3.63) is 71.9 Å². The number of nitrogens with zero attached hydrogens (tertiary/aromatic N) is 2. The van der Waals surface area contributed by atoms with Gasteiger partial charge < -0.3 is 10.3 Å². The van der Waals surface area contributed by atoms with E-state index in [0.29, 0.717) is 11.7 Å². The molecule has 4 heteroatoms. The summed E-state index contributed by atoms with van der Waals surface area (Å²) >= 11 is 0. The van der Waals surface area contributed by atoms with Gasteiger partial charge in [-0.2, -0.15) is 4.98 Å². The van der Waals surface area contributed by atoms with E-state index >= 15 is 0 Å². The predicted octanol–water partition coefficient (Wildman–Crippen LogP) is 3.09. The summed E-state index contributed by atoms with van der Waals surface area (Å²) in [5.74, 6) is 1.03. The summed E-state index contributed by atoms with van der Waals surface area (Å²) in [6.07, 6.45) is 0. The maximum absolute atomic E-state index is 6.13. The number of nitrogens with two attached hydrogens (primary N) is 1. The van der Waals surface area contributed by atoms with E-state index in [2.05, 4.69) is 34.4 Å². The molecule has 3 rings (SSSR count). The Hall–Kier alpha value is -2.46. The van der Waals surface area contributed by atoms with Crippen molar-refractivity contribution in [3.8, 4) is 11.1 Å². The first kappa shape index (κ1) is 12.6. The minimum Gasteiger partial charge on any atom is -0.340 e. The number of hydrogen-bond acceptors (Lipinski definition) is 4. The van der Waals surface area contributed by atoms with E-state index in [4.69, 9.17) is 10.3 Å². The number of rotatable bonds is 3. The third-order valence-corrected chi connectivity index (χ3v) is 3.20. The molecule has 4 nitrogen and oxygen atoms in total. The van der Waals surface area contributed by atoms with Crippen molar-refractivity contribution < 1.29 is 4.52 Å². The lowest BCUT2D eigenvalue weighted by atomic mass is 10.0. The van der Waals surface area contributed by atoms with Crippen LogP contribution in [0, 0.1) is 6.92 Å². The van der Waals surface area contributed by atoms with Crippen LogP contribution in [0.2, 0.25) is 0 Å². The van der Waals surface area contributed by atoms with Gasteiger partial charge in [-0.1, -0.05) is 59.8 Å². The first-order chi connectivity index (χ1) is 9.74. The van der Waals surface area contributed by atoms with E-state index < -0.39 is 0 Å². The van der Waals surface area contributed by atoms with Crippen molar-refractivity contribution in [2.24, 2.45) is 5.73 Å². The summed E-state index contributed by atoms with van der Waals surface area (Å²) in [6.45, 7) is 1.75. The standard InChI is InChI=1S/C16H15N3O/c1-11-18-16(19-20-11)15(17)14-9-7-13(8-10-14)12-5-3-2-4-6-12/h2-10,15H,17H2,1H3. The minimum absolute atomic E-state index is 0.364. The van der Waals surface area contributed by atoms with Gasteiger partial charge in [-0.25, -0.2) is 0 Å². The van der Waals surface area contributed by atoms with Crippen LogP contribution in [-0.4, -0.2) is 10.1 Å². The zero-order valence-electron chi connectivity index (χ0n) is 11.2. The molecule has 3 aromatic rings. The molecule has 20 heavy (non-hydrogen) atoms. The summed E-state index contributed by atoms with van der Waals surface area (Å²) < 4.78 is 4.96. The van der Waals surface area contributed by atoms with Crippen LogP contribution >= 0.6 is 0 Å². The van der Waals surface area contributed by atoms with Crippen LogP contribution < -0.4 is 5.73 Å². The van der Waals surface area contributed by atoms with Gasteiger partial charge in [0.15, 0.2) is 5.82 Å². The third kappa shape index (κ3) is 2.46. The highest BCUT2D eigenvalue weighted by atomic mass is 16.5. The van der Waals surface area contributed by atoms with Gasteiger partial charge in [0.2, 0.25) is 5.89 Å². The molecule has 0 bridgehead atoms. The zero-order chi connectivity index (χ0) is 13.9. The quantitative estimate of drug-likeness (QED) is 0.790.